The number of aromatic nitrogens is 5. The number of rotatable bonds is 8. The van der Waals surface area contributed by atoms with Crippen LogP contribution in [0.4, 0.5) is 10.9 Å². The van der Waals surface area contributed by atoms with E-state index < -0.39 is 12.7 Å². The molecule has 160 valence electrons. The number of aliphatic hydroxyl groups excluding tert-OH is 2. The number of anilines is 2. The zero-order valence-electron chi connectivity index (χ0n) is 16.8. The number of hydrogen-bond acceptors (Lipinski definition) is 10. The molecule has 4 heterocycles. The molecule has 0 aromatic carbocycles. The minimum absolute atomic E-state index is 0.392. The number of nitrogens with one attached hydrogen (secondary N) is 1. The number of ether oxygens (including phenoxy) is 1. The van der Waals surface area contributed by atoms with Gasteiger partial charge in [0.05, 0.1) is 24.2 Å². The monoisotopic (exact) mass is 456 g/mol. The molecule has 1 atom stereocenters. The van der Waals surface area contributed by atoms with E-state index in [4.69, 9.17) is 9.84 Å². The Morgan fingerprint density at radius 3 is 2.90 bits per heavy atom. The first-order chi connectivity index (χ1) is 15.0. The minimum Gasteiger partial charge on any atom is -0.435 e. The molecule has 3 N–H and O–H groups in total. The molecule has 31 heavy (non-hydrogen) atoms. The van der Waals surface area contributed by atoms with Crippen molar-refractivity contribution in [3.63, 3.8) is 0 Å². The van der Waals surface area contributed by atoms with Crippen LogP contribution < -0.4 is 10.1 Å². The maximum atomic E-state index is 9.77. The molecule has 4 aromatic rings. The second-order valence-electron chi connectivity index (χ2n) is 6.50. The summed E-state index contributed by atoms with van der Waals surface area (Å²) in [6, 6.07) is 7.54. The van der Waals surface area contributed by atoms with Gasteiger partial charge >= 0.3 is 0 Å². The summed E-state index contributed by atoms with van der Waals surface area (Å²) in [5, 5.41) is 28.4. The lowest BCUT2D eigenvalue weighted by atomic mass is 10.3. The van der Waals surface area contributed by atoms with Crippen LogP contribution in [0.5, 0.6) is 11.6 Å². The average Bonchev–Trinajstić information content (AvgIpc) is 3.40. The summed E-state index contributed by atoms with van der Waals surface area (Å²) in [6.07, 6.45) is 4.13. The molecule has 0 saturated carbocycles. The summed E-state index contributed by atoms with van der Waals surface area (Å²) in [6.45, 7) is 1.57. The Bertz CT molecular complexity index is 1180. The molecule has 0 aliphatic rings. The summed E-state index contributed by atoms with van der Waals surface area (Å²) < 4.78 is 7.69. The van der Waals surface area contributed by atoms with Crippen molar-refractivity contribution in [1.29, 1.82) is 0 Å². The molecule has 1 unspecified atom stereocenters. The van der Waals surface area contributed by atoms with Gasteiger partial charge in [0.15, 0.2) is 16.7 Å². The van der Waals surface area contributed by atoms with Gasteiger partial charge in [0.2, 0.25) is 5.88 Å². The largest absolute Gasteiger partial charge is 0.435 e. The molecule has 0 fully saturated rings. The van der Waals surface area contributed by atoms with Crippen molar-refractivity contribution in [1.82, 2.24) is 24.7 Å². The molecule has 4 aromatic heterocycles. The van der Waals surface area contributed by atoms with Gasteiger partial charge < -0.3 is 20.3 Å². The first-order valence-corrected chi connectivity index (χ1v) is 11.0. The molecular formula is C20H20N6O3S2. The Balaban J connectivity index is 1.64. The fourth-order valence-electron chi connectivity index (χ4n) is 2.62. The van der Waals surface area contributed by atoms with Gasteiger partial charge in [-0.15, -0.1) is 11.3 Å². The highest BCUT2D eigenvalue weighted by atomic mass is 32.2. The van der Waals surface area contributed by atoms with Crippen LogP contribution >= 0.6 is 23.1 Å². The molecule has 0 spiro atoms. The van der Waals surface area contributed by atoms with E-state index in [0.29, 0.717) is 28.3 Å². The molecule has 4 rings (SSSR count). The first kappa shape index (κ1) is 21.2. The Labute approximate surface area is 186 Å². The zero-order chi connectivity index (χ0) is 21.8. The number of aliphatic hydroxyl groups is 2. The normalized spacial score (nSPS) is 12.0. The maximum absolute atomic E-state index is 9.77. The van der Waals surface area contributed by atoms with Crippen molar-refractivity contribution in [2.45, 2.75) is 22.8 Å². The molecule has 0 amide bonds. The van der Waals surface area contributed by atoms with Crippen LogP contribution in [0.1, 0.15) is 17.5 Å². The standard InChI is InChI=1S/C20H20N6O3S2/c1-12-17(4-3-6-21-12)31-13-8-16(29-18-5-7-23-26(18)2)19(22-9-13)25-20-24-14(11-30-20)15(28)10-27/h3-9,11,15,27-28H,10H2,1-2H3,(H,22,24,25). The molecule has 11 heteroatoms. The van der Waals surface area contributed by atoms with Crippen molar-refractivity contribution in [3.05, 3.63) is 59.6 Å². The van der Waals surface area contributed by atoms with Crippen molar-refractivity contribution < 1.29 is 14.9 Å². The lowest BCUT2D eigenvalue weighted by Crippen LogP contribution is -2.03. The summed E-state index contributed by atoms with van der Waals surface area (Å²) in [7, 11) is 1.79. The molecule has 0 radical (unpaired) electrons. The van der Waals surface area contributed by atoms with Gasteiger partial charge in [0.25, 0.3) is 0 Å². The Morgan fingerprint density at radius 2 is 2.16 bits per heavy atom. The van der Waals surface area contributed by atoms with Crippen molar-refractivity contribution >= 4 is 34.0 Å². The number of hydrogen-bond donors (Lipinski definition) is 3. The van der Waals surface area contributed by atoms with E-state index in [1.807, 2.05) is 25.1 Å². The third-order valence-electron chi connectivity index (χ3n) is 4.27. The smallest absolute Gasteiger partial charge is 0.217 e. The topological polar surface area (TPSA) is 118 Å². The van der Waals surface area contributed by atoms with E-state index in [1.54, 1.807) is 53.5 Å². The predicted molar refractivity (Wildman–Crippen MR) is 118 cm³/mol. The lowest BCUT2D eigenvalue weighted by Gasteiger charge is -2.13. The Morgan fingerprint density at radius 1 is 1.29 bits per heavy atom. The van der Waals surface area contributed by atoms with Crippen molar-refractivity contribution in [3.8, 4) is 11.6 Å². The van der Waals surface area contributed by atoms with Crippen LogP contribution in [0.15, 0.2) is 58.0 Å². The molecule has 0 saturated heterocycles. The highest BCUT2D eigenvalue weighted by molar-refractivity contribution is 7.99. The molecular weight excluding hydrogens is 436 g/mol. The van der Waals surface area contributed by atoms with Crippen molar-refractivity contribution in [2.75, 3.05) is 11.9 Å². The number of thiazole rings is 1. The molecule has 9 nitrogen and oxygen atoms in total. The number of aryl methyl sites for hydroxylation is 2. The number of nitrogens with zero attached hydrogens (tertiary/aromatic N) is 5. The maximum Gasteiger partial charge on any atom is 0.217 e. The summed E-state index contributed by atoms with van der Waals surface area (Å²) in [4.78, 5) is 15.1. The summed E-state index contributed by atoms with van der Waals surface area (Å²) in [5.74, 6) is 1.52. The van der Waals surface area contributed by atoms with Gasteiger partial charge in [-0.3, -0.25) is 4.98 Å². The second kappa shape index (κ2) is 9.43. The molecule has 0 aliphatic heterocycles. The van der Waals surface area contributed by atoms with Gasteiger partial charge in [-0.05, 0) is 19.1 Å². The summed E-state index contributed by atoms with van der Waals surface area (Å²) >= 11 is 2.84. The van der Waals surface area contributed by atoms with Crippen LogP contribution in [-0.4, -0.2) is 41.6 Å². The quantitative estimate of drug-likeness (QED) is 0.365. The third kappa shape index (κ3) is 5.02. The fraction of sp³-hybridized carbons (Fsp3) is 0.200. The predicted octanol–water partition coefficient (Wildman–Crippen LogP) is 3.69. The highest BCUT2D eigenvalue weighted by Crippen LogP contribution is 2.37. The van der Waals surface area contributed by atoms with E-state index in [2.05, 4.69) is 25.4 Å². The van der Waals surface area contributed by atoms with Crippen LogP contribution in [-0.2, 0) is 7.05 Å². The van der Waals surface area contributed by atoms with E-state index >= 15 is 0 Å². The van der Waals surface area contributed by atoms with E-state index in [0.717, 1.165) is 15.5 Å². The third-order valence-corrected chi connectivity index (χ3v) is 6.15. The number of pyridine rings is 2. The van der Waals surface area contributed by atoms with E-state index in [-0.39, 0.29) is 0 Å². The van der Waals surface area contributed by atoms with E-state index in [9.17, 15) is 5.11 Å². The minimum atomic E-state index is -1.02. The first-order valence-electron chi connectivity index (χ1n) is 9.30. The van der Waals surface area contributed by atoms with Crippen LogP contribution in [0.3, 0.4) is 0 Å². The Hall–Kier alpha value is -2.99. The van der Waals surface area contributed by atoms with Gasteiger partial charge in [0, 0.05) is 46.7 Å². The highest BCUT2D eigenvalue weighted by Gasteiger charge is 2.15. The van der Waals surface area contributed by atoms with Gasteiger partial charge in [-0.1, -0.05) is 11.8 Å². The van der Waals surface area contributed by atoms with Gasteiger partial charge in [-0.25, -0.2) is 14.6 Å². The average molecular weight is 457 g/mol. The summed E-state index contributed by atoms with van der Waals surface area (Å²) in [5.41, 5.74) is 1.32. The van der Waals surface area contributed by atoms with Crippen LogP contribution in [0.25, 0.3) is 0 Å². The Kier molecular flexibility index (Phi) is 6.47. The lowest BCUT2D eigenvalue weighted by molar-refractivity contribution is 0.0928. The molecule has 0 aliphatic carbocycles. The fourth-order valence-corrected chi connectivity index (χ4v) is 4.25. The van der Waals surface area contributed by atoms with Gasteiger partial charge in [-0.2, -0.15) is 5.10 Å². The zero-order valence-corrected chi connectivity index (χ0v) is 18.4. The SMILES string of the molecule is Cc1ncccc1Sc1cnc(Nc2nc(C(O)CO)cs2)c(Oc2ccnn2C)c1. The second-order valence-corrected chi connectivity index (χ2v) is 8.48. The molecule has 0 bridgehead atoms. The van der Waals surface area contributed by atoms with Crippen LogP contribution in [0.2, 0.25) is 0 Å². The van der Waals surface area contributed by atoms with E-state index in [1.165, 1.54) is 11.3 Å². The van der Waals surface area contributed by atoms with Crippen molar-refractivity contribution in [2.24, 2.45) is 7.05 Å². The van der Waals surface area contributed by atoms with Crippen LogP contribution in [0, 0.1) is 6.92 Å². The van der Waals surface area contributed by atoms with Gasteiger partial charge in [0.1, 0.15) is 6.10 Å².